The van der Waals surface area contributed by atoms with Gasteiger partial charge in [-0.05, 0) is 19.1 Å². The van der Waals surface area contributed by atoms with Crippen molar-refractivity contribution >= 4 is 10.9 Å². The lowest BCUT2D eigenvalue weighted by atomic mass is 10.1. The molecule has 2 aromatic heterocycles. The van der Waals surface area contributed by atoms with Crippen molar-refractivity contribution in [2.75, 3.05) is 0 Å². The van der Waals surface area contributed by atoms with Gasteiger partial charge in [-0.3, -0.25) is 4.57 Å². The maximum Gasteiger partial charge on any atom is 0.143 e. The molecule has 0 bridgehead atoms. The number of imidazole rings is 1. The Balaban J connectivity index is 2.14. The standard InChI is InChI=1S/C17H20N4/c1-12(2)19-11-15-10-14-6-4-5-7-16(14)20-17(15)21-9-8-18-13(21)3/h4-10,12,19H,11H2,1-3H3. The zero-order valence-electron chi connectivity index (χ0n) is 12.7. The molecule has 0 saturated carbocycles. The van der Waals surface area contributed by atoms with Crippen LogP contribution in [-0.2, 0) is 6.54 Å². The van der Waals surface area contributed by atoms with E-state index in [1.807, 2.05) is 42.1 Å². The summed E-state index contributed by atoms with van der Waals surface area (Å²) >= 11 is 0. The number of pyridine rings is 1. The average molecular weight is 280 g/mol. The molecule has 3 rings (SSSR count). The molecule has 4 nitrogen and oxygen atoms in total. The zero-order valence-corrected chi connectivity index (χ0v) is 12.7. The highest BCUT2D eigenvalue weighted by atomic mass is 15.1. The van der Waals surface area contributed by atoms with E-state index in [0.717, 1.165) is 23.7 Å². The van der Waals surface area contributed by atoms with Crippen molar-refractivity contribution in [3.8, 4) is 5.82 Å². The largest absolute Gasteiger partial charge is 0.310 e. The zero-order chi connectivity index (χ0) is 14.8. The highest BCUT2D eigenvalue weighted by molar-refractivity contribution is 5.80. The van der Waals surface area contributed by atoms with Gasteiger partial charge in [-0.2, -0.15) is 0 Å². The SMILES string of the molecule is Cc1nccn1-c1nc2ccccc2cc1CNC(C)C. The third kappa shape index (κ3) is 2.81. The first-order valence-electron chi connectivity index (χ1n) is 7.27. The summed E-state index contributed by atoms with van der Waals surface area (Å²) < 4.78 is 2.05. The Hall–Kier alpha value is -2.20. The summed E-state index contributed by atoms with van der Waals surface area (Å²) in [7, 11) is 0. The number of nitrogens with zero attached hydrogens (tertiary/aromatic N) is 3. The third-order valence-corrected chi connectivity index (χ3v) is 3.53. The number of nitrogens with one attached hydrogen (secondary N) is 1. The van der Waals surface area contributed by atoms with Crippen LogP contribution in [0.4, 0.5) is 0 Å². The van der Waals surface area contributed by atoms with Crippen LogP contribution < -0.4 is 5.32 Å². The highest BCUT2D eigenvalue weighted by Gasteiger charge is 2.11. The maximum atomic E-state index is 4.84. The summed E-state index contributed by atoms with van der Waals surface area (Å²) in [5, 5.41) is 4.64. The first-order chi connectivity index (χ1) is 10.1. The molecule has 0 radical (unpaired) electrons. The summed E-state index contributed by atoms with van der Waals surface area (Å²) in [5.74, 6) is 1.90. The lowest BCUT2D eigenvalue weighted by molar-refractivity contribution is 0.586. The molecule has 1 N–H and O–H groups in total. The molecule has 0 fully saturated rings. The Bertz CT molecular complexity index is 758. The lowest BCUT2D eigenvalue weighted by Gasteiger charge is -2.14. The minimum atomic E-state index is 0.438. The topological polar surface area (TPSA) is 42.7 Å². The van der Waals surface area contributed by atoms with Crippen molar-refractivity contribution < 1.29 is 0 Å². The number of para-hydroxylation sites is 1. The van der Waals surface area contributed by atoms with Crippen LogP contribution in [0.2, 0.25) is 0 Å². The van der Waals surface area contributed by atoms with E-state index < -0.39 is 0 Å². The molecule has 0 aliphatic rings. The van der Waals surface area contributed by atoms with E-state index in [-0.39, 0.29) is 0 Å². The number of fused-ring (bicyclic) bond motifs is 1. The van der Waals surface area contributed by atoms with Crippen molar-refractivity contribution in [1.29, 1.82) is 0 Å². The normalized spacial score (nSPS) is 11.4. The van der Waals surface area contributed by atoms with Crippen LogP contribution in [0.1, 0.15) is 25.2 Å². The maximum absolute atomic E-state index is 4.84. The first kappa shape index (κ1) is 13.8. The lowest BCUT2D eigenvalue weighted by Crippen LogP contribution is -2.23. The summed E-state index contributed by atoms with van der Waals surface area (Å²) in [6.45, 7) is 7.09. The molecular weight excluding hydrogens is 260 g/mol. The summed E-state index contributed by atoms with van der Waals surface area (Å²) in [4.78, 5) is 9.15. The molecule has 0 atom stereocenters. The molecule has 0 unspecified atom stereocenters. The van der Waals surface area contributed by atoms with Gasteiger partial charge in [0.25, 0.3) is 0 Å². The van der Waals surface area contributed by atoms with Crippen molar-refractivity contribution in [2.24, 2.45) is 0 Å². The van der Waals surface area contributed by atoms with Crippen molar-refractivity contribution in [3.05, 3.63) is 54.1 Å². The Morgan fingerprint density at radius 1 is 1.24 bits per heavy atom. The van der Waals surface area contributed by atoms with Gasteiger partial charge in [0.2, 0.25) is 0 Å². The van der Waals surface area contributed by atoms with Crippen molar-refractivity contribution in [2.45, 2.75) is 33.4 Å². The van der Waals surface area contributed by atoms with E-state index >= 15 is 0 Å². The molecule has 3 aromatic rings. The Morgan fingerprint density at radius 3 is 2.76 bits per heavy atom. The fraction of sp³-hybridized carbons (Fsp3) is 0.294. The molecule has 21 heavy (non-hydrogen) atoms. The molecule has 108 valence electrons. The second-order valence-corrected chi connectivity index (χ2v) is 5.54. The number of benzene rings is 1. The molecule has 0 amide bonds. The van der Waals surface area contributed by atoms with E-state index in [9.17, 15) is 0 Å². The van der Waals surface area contributed by atoms with Crippen molar-refractivity contribution in [1.82, 2.24) is 19.9 Å². The first-order valence-corrected chi connectivity index (χ1v) is 7.27. The molecule has 2 heterocycles. The summed E-state index contributed by atoms with van der Waals surface area (Å²) in [6, 6.07) is 10.9. The minimum absolute atomic E-state index is 0.438. The summed E-state index contributed by atoms with van der Waals surface area (Å²) in [6.07, 6.45) is 3.77. The third-order valence-electron chi connectivity index (χ3n) is 3.53. The second kappa shape index (κ2) is 5.66. The molecule has 0 saturated heterocycles. The molecule has 0 spiro atoms. The number of hydrogen-bond acceptors (Lipinski definition) is 3. The van der Waals surface area contributed by atoms with Gasteiger partial charge in [0, 0.05) is 35.9 Å². The van der Waals surface area contributed by atoms with E-state index in [4.69, 9.17) is 4.98 Å². The minimum Gasteiger partial charge on any atom is -0.310 e. The fourth-order valence-corrected chi connectivity index (χ4v) is 2.40. The quantitative estimate of drug-likeness (QED) is 0.798. The van der Waals surface area contributed by atoms with Gasteiger partial charge in [-0.25, -0.2) is 9.97 Å². The Kier molecular flexibility index (Phi) is 3.71. The van der Waals surface area contributed by atoms with E-state index in [0.29, 0.717) is 6.04 Å². The number of aryl methyl sites for hydroxylation is 1. The van der Waals surface area contributed by atoms with Gasteiger partial charge in [-0.1, -0.05) is 32.0 Å². The molecule has 1 aromatic carbocycles. The predicted molar refractivity (Wildman–Crippen MR) is 85.6 cm³/mol. The highest BCUT2D eigenvalue weighted by Crippen LogP contribution is 2.20. The van der Waals surface area contributed by atoms with Gasteiger partial charge in [0.15, 0.2) is 0 Å². The monoisotopic (exact) mass is 280 g/mol. The molecule has 4 heteroatoms. The van der Waals surface area contributed by atoms with Gasteiger partial charge in [0.1, 0.15) is 11.6 Å². The van der Waals surface area contributed by atoms with Crippen LogP contribution in [0, 0.1) is 6.92 Å². The Morgan fingerprint density at radius 2 is 2.05 bits per heavy atom. The molecule has 0 aliphatic carbocycles. The van der Waals surface area contributed by atoms with Crippen LogP contribution in [0.15, 0.2) is 42.7 Å². The fourth-order valence-electron chi connectivity index (χ4n) is 2.40. The van der Waals surface area contributed by atoms with E-state index in [1.165, 1.54) is 10.9 Å². The molecular formula is C17H20N4. The van der Waals surface area contributed by atoms with Gasteiger partial charge >= 0.3 is 0 Å². The van der Waals surface area contributed by atoms with E-state index in [2.05, 4.69) is 36.3 Å². The second-order valence-electron chi connectivity index (χ2n) is 5.54. The summed E-state index contributed by atoms with van der Waals surface area (Å²) in [5.41, 5.74) is 2.19. The van der Waals surface area contributed by atoms with E-state index in [1.54, 1.807) is 0 Å². The van der Waals surface area contributed by atoms with Crippen molar-refractivity contribution in [3.63, 3.8) is 0 Å². The average Bonchev–Trinajstić information content (AvgIpc) is 2.90. The number of aromatic nitrogens is 3. The van der Waals surface area contributed by atoms with Crippen LogP contribution in [0.25, 0.3) is 16.7 Å². The van der Waals surface area contributed by atoms with Crippen LogP contribution in [0.3, 0.4) is 0 Å². The predicted octanol–water partition coefficient (Wildman–Crippen LogP) is 3.23. The number of rotatable bonds is 4. The smallest absolute Gasteiger partial charge is 0.143 e. The van der Waals surface area contributed by atoms with Crippen LogP contribution >= 0.6 is 0 Å². The van der Waals surface area contributed by atoms with Gasteiger partial charge in [-0.15, -0.1) is 0 Å². The number of hydrogen-bond donors (Lipinski definition) is 1. The van der Waals surface area contributed by atoms with Crippen LogP contribution in [0.5, 0.6) is 0 Å². The van der Waals surface area contributed by atoms with Gasteiger partial charge < -0.3 is 5.32 Å². The molecule has 0 aliphatic heterocycles. The van der Waals surface area contributed by atoms with Gasteiger partial charge in [0.05, 0.1) is 5.52 Å². The van der Waals surface area contributed by atoms with Crippen LogP contribution in [-0.4, -0.2) is 20.6 Å². The Labute approximate surface area is 124 Å².